The van der Waals surface area contributed by atoms with Crippen molar-refractivity contribution in [1.82, 2.24) is 0 Å². The van der Waals surface area contributed by atoms with E-state index in [0.717, 1.165) is 5.56 Å². The van der Waals surface area contributed by atoms with Gasteiger partial charge in [-0.3, -0.25) is 4.79 Å². The predicted molar refractivity (Wildman–Crippen MR) is 76.3 cm³/mol. The van der Waals surface area contributed by atoms with Crippen molar-refractivity contribution in [2.45, 2.75) is 6.42 Å². The van der Waals surface area contributed by atoms with Crippen molar-refractivity contribution in [2.24, 2.45) is 0 Å². The van der Waals surface area contributed by atoms with E-state index < -0.39 is 0 Å². The number of nitriles is 1. The first-order valence-corrected chi connectivity index (χ1v) is 6.31. The lowest BCUT2D eigenvalue weighted by molar-refractivity contribution is -0.115. The van der Waals surface area contributed by atoms with Gasteiger partial charge in [0.15, 0.2) is 6.61 Å². The Morgan fingerprint density at radius 2 is 1.81 bits per heavy atom. The van der Waals surface area contributed by atoms with E-state index in [1.807, 2.05) is 6.07 Å². The van der Waals surface area contributed by atoms with Gasteiger partial charge in [0, 0.05) is 5.69 Å². The average Bonchev–Trinajstić information content (AvgIpc) is 2.49. The minimum Gasteiger partial charge on any atom is -0.479 e. The first kappa shape index (κ1) is 14.5. The van der Waals surface area contributed by atoms with Crippen LogP contribution in [0.3, 0.4) is 0 Å². The van der Waals surface area contributed by atoms with Crippen molar-refractivity contribution >= 4 is 11.6 Å². The molecule has 1 N–H and O–H groups in total. The molecular weight excluding hydrogens is 271 g/mol. The van der Waals surface area contributed by atoms with Crippen LogP contribution in [0.1, 0.15) is 5.56 Å². The first-order valence-electron chi connectivity index (χ1n) is 6.31. The number of hydrogen-bond acceptors (Lipinski definition) is 3. The summed E-state index contributed by atoms with van der Waals surface area (Å²) >= 11 is 0. The van der Waals surface area contributed by atoms with Crippen molar-refractivity contribution < 1.29 is 13.9 Å². The van der Waals surface area contributed by atoms with Gasteiger partial charge in [0.25, 0.3) is 0 Å². The highest BCUT2D eigenvalue weighted by Crippen LogP contribution is 2.16. The third-order valence-corrected chi connectivity index (χ3v) is 2.72. The van der Waals surface area contributed by atoms with Crippen LogP contribution >= 0.6 is 0 Å². The second kappa shape index (κ2) is 7.06. The molecular formula is C16H13FN2O2. The number of rotatable bonds is 5. The third-order valence-electron chi connectivity index (χ3n) is 2.72. The van der Waals surface area contributed by atoms with Gasteiger partial charge in [-0.1, -0.05) is 12.1 Å². The summed E-state index contributed by atoms with van der Waals surface area (Å²) in [5.74, 6) is 0.0486. The molecule has 0 aliphatic heterocycles. The zero-order valence-corrected chi connectivity index (χ0v) is 11.2. The van der Waals surface area contributed by atoms with Crippen LogP contribution in [0.4, 0.5) is 10.1 Å². The summed E-state index contributed by atoms with van der Waals surface area (Å²) in [4.78, 5) is 11.8. The summed E-state index contributed by atoms with van der Waals surface area (Å²) in [7, 11) is 0. The van der Waals surface area contributed by atoms with Crippen LogP contribution in [-0.4, -0.2) is 12.5 Å². The topological polar surface area (TPSA) is 62.1 Å². The Morgan fingerprint density at radius 1 is 1.14 bits per heavy atom. The van der Waals surface area contributed by atoms with Crippen molar-refractivity contribution in [3.63, 3.8) is 0 Å². The lowest BCUT2D eigenvalue weighted by atomic mass is 10.1. The Balaban J connectivity index is 1.90. The first-order chi connectivity index (χ1) is 10.2. The molecule has 0 bridgehead atoms. The molecule has 0 saturated carbocycles. The number of ether oxygens (including phenoxy) is 1. The van der Waals surface area contributed by atoms with Gasteiger partial charge < -0.3 is 10.1 Å². The summed E-state index contributed by atoms with van der Waals surface area (Å²) in [5, 5.41) is 11.1. The lowest BCUT2D eigenvalue weighted by Crippen LogP contribution is -2.14. The summed E-state index contributed by atoms with van der Waals surface area (Å²) in [6, 6.07) is 14.4. The number of benzene rings is 2. The van der Waals surface area contributed by atoms with Gasteiger partial charge in [-0.25, -0.2) is 4.39 Å². The van der Waals surface area contributed by atoms with Crippen LogP contribution in [0.15, 0.2) is 48.5 Å². The predicted octanol–water partition coefficient (Wildman–Crippen LogP) is 2.91. The molecule has 0 unspecified atom stereocenters. The monoisotopic (exact) mass is 284 g/mol. The Bertz CT molecular complexity index is 645. The van der Waals surface area contributed by atoms with Gasteiger partial charge in [0.05, 0.1) is 6.42 Å². The molecule has 0 heterocycles. The highest BCUT2D eigenvalue weighted by Gasteiger charge is 2.04. The van der Waals surface area contributed by atoms with Crippen molar-refractivity contribution in [2.75, 3.05) is 11.9 Å². The SMILES string of the molecule is N#CCOc1ccc(NC(=O)Cc2ccc(F)cc2)cc1. The van der Waals surface area contributed by atoms with Crippen molar-refractivity contribution in [1.29, 1.82) is 5.26 Å². The summed E-state index contributed by atoms with van der Waals surface area (Å²) in [5.41, 5.74) is 1.37. The largest absolute Gasteiger partial charge is 0.479 e. The Labute approximate surface area is 121 Å². The van der Waals surface area contributed by atoms with Gasteiger partial charge >= 0.3 is 0 Å². The van der Waals surface area contributed by atoms with Gasteiger partial charge in [-0.05, 0) is 42.0 Å². The molecule has 0 aliphatic carbocycles. The van der Waals surface area contributed by atoms with Crippen LogP contribution < -0.4 is 10.1 Å². The second-order valence-electron chi connectivity index (χ2n) is 4.32. The van der Waals surface area contributed by atoms with Gasteiger partial charge in [-0.15, -0.1) is 0 Å². The maximum Gasteiger partial charge on any atom is 0.228 e. The number of hydrogen-bond donors (Lipinski definition) is 1. The number of carbonyl (C=O) groups is 1. The minimum absolute atomic E-state index is 0.0176. The zero-order valence-electron chi connectivity index (χ0n) is 11.2. The molecule has 2 rings (SSSR count). The molecule has 0 aliphatic rings. The fraction of sp³-hybridized carbons (Fsp3) is 0.125. The van der Waals surface area contributed by atoms with E-state index >= 15 is 0 Å². The molecule has 0 atom stereocenters. The molecule has 1 amide bonds. The fourth-order valence-corrected chi connectivity index (χ4v) is 1.74. The molecule has 21 heavy (non-hydrogen) atoms. The van der Waals surface area contributed by atoms with E-state index in [1.165, 1.54) is 12.1 Å². The maximum atomic E-state index is 12.8. The van der Waals surface area contributed by atoms with Crippen LogP contribution in [0, 0.1) is 17.1 Å². The third kappa shape index (κ3) is 4.62. The van der Waals surface area contributed by atoms with Gasteiger partial charge in [0.1, 0.15) is 17.6 Å². The van der Waals surface area contributed by atoms with E-state index in [0.29, 0.717) is 11.4 Å². The quantitative estimate of drug-likeness (QED) is 0.918. The molecule has 2 aromatic rings. The Hall–Kier alpha value is -2.87. The molecule has 0 spiro atoms. The average molecular weight is 284 g/mol. The van der Waals surface area contributed by atoms with Crippen molar-refractivity contribution in [3.05, 3.63) is 59.9 Å². The van der Waals surface area contributed by atoms with Crippen LogP contribution in [0.25, 0.3) is 0 Å². The Morgan fingerprint density at radius 3 is 2.43 bits per heavy atom. The highest BCUT2D eigenvalue weighted by atomic mass is 19.1. The van der Waals surface area contributed by atoms with E-state index in [-0.39, 0.29) is 24.8 Å². The summed E-state index contributed by atoms with van der Waals surface area (Å²) in [6.07, 6.45) is 0.174. The minimum atomic E-state index is -0.327. The number of carbonyl (C=O) groups excluding carboxylic acids is 1. The standard InChI is InChI=1S/C16H13FN2O2/c17-13-3-1-12(2-4-13)11-16(20)19-14-5-7-15(8-6-14)21-10-9-18/h1-8H,10-11H2,(H,19,20). The van der Waals surface area contributed by atoms with E-state index in [4.69, 9.17) is 10.00 Å². The van der Waals surface area contributed by atoms with Crippen LogP contribution in [-0.2, 0) is 11.2 Å². The molecule has 106 valence electrons. The fourth-order valence-electron chi connectivity index (χ4n) is 1.74. The number of anilines is 1. The highest BCUT2D eigenvalue weighted by molar-refractivity contribution is 5.92. The Kier molecular flexibility index (Phi) is 4.89. The second-order valence-corrected chi connectivity index (χ2v) is 4.32. The maximum absolute atomic E-state index is 12.8. The molecule has 0 saturated heterocycles. The van der Waals surface area contributed by atoms with Gasteiger partial charge in [-0.2, -0.15) is 5.26 Å². The summed E-state index contributed by atoms with van der Waals surface area (Å²) in [6.45, 7) is -0.0176. The van der Waals surface area contributed by atoms with E-state index in [1.54, 1.807) is 36.4 Å². The van der Waals surface area contributed by atoms with E-state index in [2.05, 4.69) is 5.32 Å². The number of nitrogens with one attached hydrogen (secondary N) is 1. The summed E-state index contributed by atoms with van der Waals surface area (Å²) < 4.78 is 17.9. The zero-order chi connectivity index (χ0) is 15.1. The lowest BCUT2D eigenvalue weighted by Gasteiger charge is -2.07. The van der Waals surface area contributed by atoms with Gasteiger partial charge in [0.2, 0.25) is 5.91 Å². The van der Waals surface area contributed by atoms with Crippen LogP contribution in [0.2, 0.25) is 0 Å². The number of halogens is 1. The van der Waals surface area contributed by atoms with E-state index in [9.17, 15) is 9.18 Å². The number of amides is 1. The molecule has 4 nitrogen and oxygen atoms in total. The molecule has 0 aromatic heterocycles. The molecule has 0 fully saturated rings. The normalized spacial score (nSPS) is 9.71. The van der Waals surface area contributed by atoms with Crippen LogP contribution in [0.5, 0.6) is 5.75 Å². The molecule has 5 heteroatoms. The molecule has 2 aromatic carbocycles. The smallest absolute Gasteiger partial charge is 0.228 e. The van der Waals surface area contributed by atoms with Crippen molar-refractivity contribution in [3.8, 4) is 11.8 Å². The molecule has 0 radical (unpaired) electrons. The number of nitrogens with zero attached hydrogens (tertiary/aromatic N) is 1.